The summed E-state index contributed by atoms with van der Waals surface area (Å²) in [5.74, 6) is -0.532. The van der Waals surface area contributed by atoms with Crippen LogP contribution in [0.2, 0.25) is 0 Å². The molecule has 2 atom stereocenters. The van der Waals surface area contributed by atoms with Crippen molar-refractivity contribution in [2.45, 2.75) is 89.8 Å². The number of rotatable bonds is 15. The smallest absolute Gasteiger partial charge is 0.308 e. The van der Waals surface area contributed by atoms with Crippen molar-refractivity contribution >= 4 is 5.97 Å². The van der Waals surface area contributed by atoms with Gasteiger partial charge in [-0.15, -0.1) is 0 Å². The summed E-state index contributed by atoms with van der Waals surface area (Å²) in [6, 6.07) is 0. The molecule has 132 valence electrons. The SMILES string of the molecule is CCCCCCCCCCC[C@@H](O)CC(=O)OC[C@@H](O)CO. The van der Waals surface area contributed by atoms with E-state index in [1.54, 1.807) is 0 Å². The molecule has 0 rings (SSSR count). The van der Waals surface area contributed by atoms with Crippen LogP contribution in [0.1, 0.15) is 77.6 Å². The fourth-order valence-corrected chi connectivity index (χ4v) is 2.29. The van der Waals surface area contributed by atoms with Crippen LogP contribution in [0.3, 0.4) is 0 Å². The summed E-state index contributed by atoms with van der Waals surface area (Å²) in [6.07, 6.45) is 9.84. The van der Waals surface area contributed by atoms with E-state index in [0.29, 0.717) is 6.42 Å². The first-order valence-electron chi connectivity index (χ1n) is 8.72. The fourth-order valence-electron chi connectivity index (χ4n) is 2.29. The Bertz CT molecular complexity index is 257. The van der Waals surface area contributed by atoms with Crippen LogP contribution < -0.4 is 0 Å². The molecule has 0 saturated heterocycles. The van der Waals surface area contributed by atoms with Crippen LogP contribution in [-0.2, 0) is 9.53 Å². The summed E-state index contributed by atoms with van der Waals surface area (Å²) >= 11 is 0. The minimum atomic E-state index is -1.04. The van der Waals surface area contributed by atoms with E-state index in [-0.39, 0.29) is 13.0 Å². The van der Waals surface area contributed by atoms with E-state index >= 15 is 0 Å². The monoisotopic (exact) mass is 318 g/mol. The number of hydrogen-bond acceptors (Lipinski definition) is 5. The van der Waals surface area contributed by atoms with Gasteiger partial charge in [0.15, 0.2) is 0 Å². The van der Waals surface area contributed by atoms with E-state index in [4.69, 9.17) is 14.9 Å². The van der Waals surface area contributed by atoms with Gasteiger partial charge in [-0.05, 0) is 6.42 Å². The van der Waals surface area contributed by atoms with Crippen molar-refractivity contribution in [2.75, 3.05) is 13.2 Å². The van der Waals surface area contributed by atoms with Crippen LogP contribution in [-0.4, -0.2) is 46.7 Å². The molecule has 0 aliphatic carbocycles. The van der Waals surface area contributed by atoms with E-state index in [2.05, 4.69) is 6.92 Å². The Labute approximate surface area is 134 Å². The number of esters is 1. The van der Waals surface area contributed by atoms with Gasteiger partial charge >= 0.3 is 5.97 Å². The third-order valence-electron chi connectivity index (χ3n) is 3.69. The molecule has 22 heavy (non-hydrogen) atoms. The number of ether oxygens (including phenoxy) is 1. The van der Waals surface area contributed by atoms with Crippen LogP contribution in [0.4, 0.5) is 0 Å². The number of aliphatic hydroxyl groups is 3. The first-order chi connectivity index (χ1) is 10.6. The third kappa shape index (κ3) is 14.3. The highest BCUT2D eigenvalue weighted by Gasteiger charge is 2.13. The summed E-state index contributed by atoms with van der Waals surface area (Å²) in [7, 11) is 0. The van der Waals surface area contributed by atoms with Crippen LogP contribution in [0.5, 0.6) is 0 Å². The van der Waals surface area contributed by atoms with Gasteiger partial charge in [-0.3, -0.25) is 4.79 Å². The zero-order chi connectivity index (χ0) is 16.6. The average molecular weight is 318 g/mol. The molecule has 0 spiro atoms. The molecule has 0 aromatic carbocycles. The van der Waals surface area contributed by atoms with Crippen molar-refractivity contribution in [1.82, 2.24) is 0 Å². The Kier molecular flexibility index (Phi) is 14.8. The zero-order valence-electron chi connectivity index (χ0n) is 14.0. The first kappa shape index (κ1) is 21.4. The van der Waals surface area contributed by atoms with Gasteiger partial charge in [0, 0.05) is 0 Å². The lowest BCUT2D eigenvalue weighted by Crippen LogP contribution is -2.24. The van der Waals surface area contributed by atoms with Crippen molar-refractivity contribution in [1.29, 1.82) is 0 Å². The van der Waals surface area contributed by atoms with Crippen LogP contribution >= 0.6 is 0 Å². The summed E-state index contributed by atoms with van der Waals surface area (Å²) in [6.45, 7) is 1.56. The maximum Gasteiger partial charge on any atom is 0.308 e. The molecular formula is C17H34O5. The second kappa shape index (κ2) is 15.3. The number of hydrogen-bond donors (Lipinski definition) is 3. The first-order valence-corrected chi connectivity index (χ1v) is 8.72. The Balaban J connectivity index is 3.38. The van der Waals surface area contributed by atoms with E-state index in [9.17, 15) is 9.90 Å². The predicted octanol–water partition coefficient (Wildman–Crippen LogP) is 2.55. The summed E-state index contributed by atoms with van der Waals surface area (Å²) in [5, 5.41) is 27.4. The normalized spacial score (nSPS) is 13.8. The molecule has 0 aromatic rings. The van der Waals surface area contributed by atoms with E-state index in [0.717, 1.165) is 12.8 Å². The molecule has 0 fully saturated rings. The van der Waals surface area contributed by atoms with Crippen LogP contribution in [0, 0.1) is 0 Å². The van der Waals surface area contributed by atoms with E-state index in [1.807, 2.05) is 0 Å². The lowest BCUT2D eigenvalue weighted by atomic mass is 10.0. The fraction of sp³-hybridized carbons (Fsp3) is 0.941. The third-order valence-corrected chi connectivity index (χ3v) is 3.69. The molecule has 0 amide bonds. The standard InChI is InChI=1S/C17H34O5/c1-2-3-4-5-6-7-8-9-10-11-15(19)12-17(21)22-14-16(20)13-18/h15-16,18-20H,2-14H2,1H3/t15-,16+/m1/s1. The van der Waals surface area contributed by atoms with Crippen LogP contribution in [0.15, 0.2) is 0 Å². The molecule has 0 unspecified atom stereocenters. The van der Waals surface area contributed by atoms with Gasteiger partial charge < -0.3 is 20.1 Å². The lowest BCUT2D eigenvalue weighted by Gasteiger charge is -2.12. The molecule has 5 nitrogen and oxygen atoms in total. The number of aliphatic hydroxyl groups excluding tert-OH is 3. The summed E-state index contributed by atoms with van der Waals surface area (Å²) < 4.78 is 4.75. The average Bonchev–Trinajstić information content (AvgIpc) is 2.50. The molecule has 0 aliphatic rings. The van der Waals surface area contributed by atoms with Crippen molar-refractivity contribution in [3.8, 4) is 0 Å². The highest BCUT2D eigenvalue weighted by Crippen LogP contribution is 2.12. The Hall–Kier alpha value is -0.650. The minimum absolute atomic E-state index is 0.0465. The van der Waals surface area contributed by atoms with Gasteiger partial charge in [0.25, 0.3) is 0 Å². The quantitative estimate of drug-likeness (QED) is 0.319. The minimum Gasteiger partial charge on any atom is -0.463 e. The maximum absolute atomic E-state index is 11.4. The molecular weight excluding hydrogens is 284 g/mol. The van der Waals surface area contributed by atoms with Crippen molar-refractivity contribution in [3.63, 3.8) is 0 Å². The molecule has 0 radical (unpaired) electrons. The van der Waals surface area contributed by atoms with Crippen LogP contribution in [0.25, 0.3) is 0 Å². The second-order valence-electron chi connectivity index (χ2n) is 5.99. The van der Waals surface area contributed by atoms with Gasteiger partial charge in [-0.1, -0.05) is 64.7 Å². The molecule has 0 bridgehead atoms. The Morgan fingerprint density at radius 1 is 0.909 bits per heavy atom. The number of carbonyl (C=O) groups excluding carboxylic acids is 1. The summed E-state index contributed by atoms with van der Waals surface area (Å²) in [5.41, 5.74) is 0. The molecule has 0 saturated carbocycles. The Morgan fingerprint density at radius 3 is 2.00 bits per heavy atom. The molecule has 0 heterocycles. The molecule has 5 heteroatoms. The van der Waals surface area contributed by atoms with E-state index in [1.165, 1.54) is 44.9 Å². The highest BCUT2D eigenvalue weighted by atomic mass is 16.5. The highest BCUT2D eigenvalue weighted by molar-refractivity contribution is 5.69. The second-order valence-corrected chi connectivity index (χ2v) is 5.99. The topological polar surface area (TPSA) is 87.0 Å². The van der Waals surface area contributed by atoms with E-state index < -0.39 is 24.8 Å². The van der Waals surface area contributed by atoms with Crippen molar-refractivity contribution < 1.29 is 24.9 Å². The van der Waals surface area contributed by atoms with Gasteiger partial charge in [-0.25, -0.2) is 0 Å². The summed E-state index contributed by atoms with van der Waals surface area (Å²) in [4.78, 5) is 11.4. The van der Waals surface area contributed by atoms with Crippen molar-refractivity contribution in [2.24, 2.45) is 0 Å². The zero-order valence-corrected chi connectivity index (χ0v) is 14.0. The Morgan fingerprint density at radius 2 is 1.45 bits per heavy atom. The molecule has 3 N–H and O–H groups in total. The van der Waals surface area contributed by atoms with Gasteiger partial charge in [0.1, 0.15) is 12.7 Å². The lowest BCUT2D eigenvalue weighted by molar-refractivity contribution is -0.149. The van der Waals surface area contributed by atoms with Gasteiger partial charge in [-0.2, -0.15) is 0 Å². The molecule has 0 aromatic heterocycles. The van der Waals surface area contributed by atoms with Crippen molar-refractivity contribution in [3.05, 3.63) is 0 Å². The predicted molar refractivity (Wildman–Crippen MR) is 86.5 cm³/mol. The number of unbranched alkanes of at least 4 members (excludes halogenated alkanes) is 8. The number of carbonyl (C=O) groups is 1. The maximum atomic E-state index is 11.4. The van der Waals surface area contributed by atoms with Gasteiger partial charge in [0.05, 0.1) is 19.1 Å². The largest absolute Gasteiger partial charge is 0.463 e. The molecule has 0 aliphatic heterocycles. The van der Waals surface area contributed by atoms with Gasteiger partial charge in [0.2, 0.25) is 0 Å².